The fourth-order valence-corrected chi connectivity index (χ4v) is 2.96. The van der Waals surface area contributed by atoms with Gasteiger partial charge < -0.3 is 23.8 Å². The largest absolute Gasteiger partial charge is 0.382 e. The molecular weight excluding hydrogens is 310 g/mol. The summed E-state index contributed by atoms with van der Waals surface area (Å²) in [6.45, 7) is 3.28. The quantitative estimate of drug-likeness (QED) is 0.632. The highest BCUT2D eigenvalue weighted by atomic mass is 16.5. The van der Waals surface area contributed by atoms with E-state index in [1.165, 1.54) is 0 Å². The monoisotopic (exact) mass is 339 g/mol. The topological polar surface area (TPSA) is 72.7 Å². The highest BCUT2D eigenvalue weighted by molar-refractivity contribution is 5.77. The molecule has 0 bridgehead atoms. The summed E-state index contributed by atoms with van der Waals surface area (Å²) in [4.78, 5) is 16.2. The first-order valence-electron chi connectivity index (χ1n) is 8.40. The van der Waals surface area contributed by atoms with Crippen molar-refractivity contribution in [2.24, 2.45) is 7.05 Å². The van der Waals surface area contributed by atoms with E-state index in [1.54, 1.807) is 7.11 Å². The third-order valence-corrected chi connectivity index (χ3v) is 4.25. The maximum absolute atomic E-state index is 12.3. The van der Waals surface area contributed by atoms with Crippen LogP contribution < -0.4 is 0 Å². The Balaban J connectivity index is 1.93. The molecule has 24 heavy (non-hydrogen) atoms. The van der Waals surface area contributed by atoms with Crippen molar-refractivity contribution >= 4 is 5.91 Å². The standard InChI is InChI=1S/C16H29N5O3/c1-19(2)11-14-17-18-16(20(14)3)13-6-5-7-21(10-13)15(22)12-24-9-8-23-4/h13H,5-12H2,1-4H3. The van der Waals surface area contributed by atoms with Crippen LogP contribution in [0.4, 0.5) is 0 Å². The van der Waals surface area contributed by atoms with Crippen LogP contribution in [0.25, 0.3) is 0 Å². The number of amides is 1. The van der Waals surface area contributed by atoms with Crippen LogP contribution in [-0.2, 0) is 27.9 Å². The molecule has 1 aromatic heterocycles. The maximum Gasteiger partial charge on any atom is 0.248 e. The van der Waals surface area contributed by atoms with Crippen LogP contribution in [-0.4, -0.2) is 84.6 Å². The maximum atomic E-state index is 12.3. The second-order valence-electron chi connectivity index (χ2n) is 6.50. The van der Waals surface area contributed by atoms with E-state index in [2.05, 4.69) is 19.7 Å². The number of rotatable bonds is 8. The molecule has 2 heterocycles. The van der Waals surface area contributed by atoms with Gasteiger partial charge in [0.2, 0.25) is 5.91 Å². The van der Waals surface area contributed by atoms with Crippen LogP contribution in [0, 0.1) is 0 Å². The zero-order valence-electron chi connectivity index (χ0n) is 15.2. The molecule has 0 aliphatic carbocycles. The molecule has 1 aromatic rings. The van der Waals surface area contributed by atoms with E-state index in [-0.39, 0.29) is 18.4 Å². The Labute approximate surface area is 143 Å². The fraction of sp³-hybridized carbons (Fsp3) is 0.812. The Kier molecular flexibility index (Phi) is 7.14. The van der Waals surface area contributed by atoms with Gasteiger partial charge in [0.1, 0.15) is 18.3 Å². The Morgan fingerprint density at radius 3 is 2.83 bits per heavy atom. The number of ether oxygens (including phenoxy) is 2. The summed E-state index contributed by atoms with van der Waals surface area (Å²) in [5.74, 6) is 2.17. The lowest BCUT2D eigenvalue weighted by Crippen LogP contribution is -2.41. The summed E-state index contributed by atoms with van der Waals surface area (Å²) >= 11 is 0. The van der Waals surface area contributed by atoms with Gasteiger partial charge in [0, 0.05) is 33.2 Å². The predicted molar refractivity (Wildman–Crippen MR) is 89.6 cm³/mol. The number of piperidine rings is 1. The molecule has 1 amide bonds. The van der Waals surface area contributed by atoms with Gasteiger partial charge in [-0.05, 0) is 26.9 Å². The summed E-state index contributed by atoms with van der Waals surface area (Å²) in [7, 11) is 7.65. The lowest BCUT2D eigenvalue weighted by atomic mass is 9.97. The van der Waals surface area contributed by atoms with Crippen molar-refractivity contribution in [1.29, 1.82) is 0 Å². The van der Waals surface area contributed by atoms with Crippen molar-refractivity contribution in [3.63, 3.8) is 0 Å². The number of hydrogen-bond donors (Lipinski definition) is 0. The van der Waals surface area contributed by atoms with Gasteiger partial charge in [-0.1, -0.05) is 0 Å². The molecular formula is C16H29N5O3. The van der Waals surface area contributed by atoms with E-state index in [1.807, 2.05) is 26.0 Å². The predicted octanol–water partition coefficient (Wildman–Crippen LogP) is 0.246. The van der Waals surface area contributed by atoms with Gasteiger partial charge in [0.25, 0.3) is 0 Å². The molecule has 1 unspecified atom stereocenters. The van der Waals surface area contributed by atoms with E-state index in [0.717, 1.165) is 37.6 Å². The number of carbonyl (C=O) groups excluding carboxylic acids is 1. The van der Waals surface area contributed by atoms with Crippen LogP contribution in [0.5, 0.6) is 0 Å². The van der Waals surface area contributed by atoms with Gasteiger partial charge in [0.05, 0.1) is 19.8 Å². The normalized spacial score (nSPS) is 18.4. The molecule has 2 rings (SSSR count). The molecule has 1 atom stereocenters. The SMILES string of the molecule is COCCOCC(=O)N1CCCC(c2nnc(CN(C)C)n2C)C1. The second kappa shape index (κ2) is 9.10. The van der Waals surface area contributed by atoms with E-state index in [0.29, 0.717) is 19.8 Å². The zero-order valence-corrected chi connectivity index (χ0v) is 15.2. The highest BCUT2D eigenvalue weighted by Crippen LogP contribution is 2.26. The Hall–Kier alpha value is -1.51. The Morgan fingerprint density at radius 1 is 1.33 bits per heavy atom. The third-order valence-electron chi connectivity index (χ3n) is 4.25. The minimum Gasteiger partial charge on any atom is -0.382 e. The first-order valence-corrected chi connectivity index (χ1v) is 8.40. The number of hydrogen-bond acceptors (Lipinski definition) is 6. The lowest BCUT2D eigenvalue weighted by Gasteiger charge is -2.32. The van der Waals surface area contributed by atoms with Crippen molar-refractivity contribution < 1.29 is 14.3 Å². The molecule has 0 spiro atoms. The van der Waals surface area contributed by atoms with Gasteiger partial charge in [-0.25, -0.2) is 0 Å². The molecule has 1 fully saturated rings. The van der Waals surface area contributed by atoms with Crippen molar-refractivity contribution in [1.82, 2.24) is 24.6 Å². The second-order valence-corrected chi connectivity index (χ2v) is 6.50. The minimum atomic E-state index is 0.0338. The van der Waals surface area contributed by atoms with Gasteiger partial charge >= 0.3 is 0 Å². The number of carbonyl (C=O) groups is 1. The highest BCUT2D eigenvalue weighted by Gasteiger charge is 2.28. The average Bonchev–Trinajstić information content (AvgIpc) is 2.92. The Morgan fingerprint density at radius 2 is 2.12 bits per heavy atom. The van der Waals surface area contributed by atoms with E-state index in [9.17, 15) is 4.79 Å². The van der Waals surface area contributed by atoms with Crippen molar-refractivity contribution in [2.45, 2.75) is 25.3 Å². The van der Waals surface area contributed by atoms with Crippen molar-refractivity contribution in [3.05, 3.63) is 11.6 Å². The summed E-state index contributed by atoms with van der Waals surface area (Å²) < 4.78 is 12.3. The van der Waals surface area contributed by atoms with Crippen molar-refractivity contribution in [3.8, 4) is 0 Å². The van der Waals surface area contributed by atoms with E-state index < -0.39 is 0 Å². The number of nitrogens with zero attached hydrogens (tertiary/aromatic N) is 5. The summed E-state index contributed by atoms with van der Waals surface area (Å²) in [5, 5.41) is 8.67. The lowest BCUT2D eigenvalue weighted by molar-refractivity contribution is -0.137. The smallest absolute Gasteiger partial charge is 0.248 e. The molecule has 8 heteroatoms. The van der Waals surface area contributed by atoms with Crippen LogP contribution in [0.2, 0.25) is 0 Å². The van der Waals surface area contributed by atoms with Gasteiger partial charge in [0.15, 0.2) is 0 Å². The van der Waals surface area contributed by atoms with Crippen LogP contribution in [0.3, 0.4) is 0 Å². The first-order chi connectivity index (χ1) is 11.5. The molecule has 0 aromatic carbocycles. The molecule has 0 saturated carbocycles. The molecule has 1 saturated heterocycles. The number of methoxy groups -OCH3 is 1. The van der Waals surface area contributed by atoms with Gasteiger partial charge in [-0.2, -0.15) is 0 Å². The third kappa shape index (κ3) is 4.99. The Bertz CT molecular complexity index is 532. The summed E-state index contributed by atoms with van der Waals surface area (Å²) in [6.07, 6.45) is 2.01. The summed E-state index contributed by atoms with van der Waals surface area (Å²) in [5.41, 5.74) is 0. The fourth-order valence-electron chi connectivity index (χ4n) is 2.96. The van der Waals surface area contributed by atoms with Crippen molar-refractivity contribution in [2.75, 3.05) is 54.1 Å². The van der Waals surface area contributed by atoms with Crippen LogP contribution in [0.15, 0.2) is 0 Å². The van der Waals surface area contributed by atoms with E-state index in [4.69, 9.17) is 9.47 Å². The zero-order chi connectivity index (χ0) is 17.5. The van der Waals surface area contributed by atoms with Crippen LogP contribution in [0.1, 0.15) is 30.4 Å². The minimum absolute atomic E-state index is 0.0338. The molecule has 8 nitrogen and oxygen atoms in total. The molecule has 0 radical (unpaired) electrons. The molecule has 136 valence electrons. The first kappa shape index (κ1) is 18.8. The molecule has 0 N–H and O–H groups in total. The van der Waals surface area contributed by atoms with Gasteiger partial charge in [-0.3, -0.25) is 4.79 Å². The molecule has 1 aliphatic rings. The number of likely N-dealkylation sites (tertiary alicyclic amines) is 1. The summed E-state index contributed by atoms with van der Waals surface area (Å²) in [6, 6.07) is 0. The molecule has 1 aliphatic heterocycles. The van der Waals surface area contributed by atoms with E-state index >= 15 is 0 Å². The van der Waals surface area contributed by atoms with Gasteiger partial charge in [-0.15, -0.1) is 10.2 Å². The number of aromatic nitrogens is 3. The average molecular weight is 339 g/mol. The van der Waals surface area contributed by atoms with Crippen LogP contribution >= 0.6 is 0 Å².